The van der Waals surface area contributed by atoms with Gasteiger partial charge in [-0.1, -0.05) is 6.92 Å². The number of piperidine rings is 1. The van der Waals surface area contributed by atoms with E-state index in [-0.39, 0.29) is 18.3 Å². The topological polar surface area (TPSA) is 55.8 Å². The van der Waals surface area contributed by atoms with E-state index in [1.54, 1.807) is 18.2 Å². The van der Waals surface area contributed by atoms with Gasteiger partial charge in [-0.05, 0) is 50.8 Å². The number of Topliss-reactive ketones (excluding diaryl/α,β-unsaturated/α-hetero) is 1. The predicted molar refractivity (Wildman–Crippen MR) is 88.1 cm³/mol. The van der Waals surface area contributed by atoms with Gasteiger partial charge in [-0.3, -0.25) is 9.59 Å². The van der Waals surface area contributed by atoms with Gasteiger partial charge in [0.15, 0.2) is 23.9 Å². The number of amides is 1. The van der Waals surface area contributed by atoms with Crippen LogP contribution in [0.25, 0.3) is 0 Å². The van der Waals surface area contributed by atoms with Gasteiger partial charge in [-0.2, -0.15) is 0 Å². The lowest BCUT2D eigenvalue weighted by molar-refractivity contribution is -0.137. The van der Waals surface area contributed by atoms with Crippen LogP contribution in [0.15, 0.2) is 18.2 Å². The lowest BCUT2D eigenvalue weighted by Crippen LogP contribution is -2.45. The first-order valence-corrected chi connectivity index (χ1v) is 8.18. The number of hydrogen-bond acceptors (Lipinski definition) is 4. The number of nitrogens with zero attached hydrogens (tertiary/aromatic N) is 1. The molecule has 0 saturated carbocycles. The van der Waals surface area contributed by atoms with Crippen molar-refractivity contribution in [1.82, 2.24) is 4.90 Å². The maximum atomic E-state index is 12.4. The predicted octanol–water partition coefficient (Wildman–Crippen LogP) is 3.07. The van der Waals surface area contributed by atoms with Crippen molar-refractivity contribution in [2.24, 2.45) is 0 Å². The summed E-state index contributed by atoms with van der Waals surface area (Å²) in [4.78, 5) is 25.8. The minimum absolute atomic E-state index is 0.00766. The van der Waals surface area contributed by atoms with Crippen LogP contribution in [0.4, 0.5) is 0 Å². The summed E-state index contributed by atoms with van der Waals surface area (Å²) in [6.45, 7) is 4.41. The SMILES string of the molecule is CCC1CCCCN1C(=O)COc1ccc(C(C)=O)cc1OC. The molecule has 2 rings (SSSR count). The highest BCUT2D eigenvalue weighted by atomic mass is 16.5. The molecule has 0 aliphatic carbocycles. The Morgan fingerprint density at radius 3 is 2.70 bits per heavy atom. The van der Waals surface area contributed by atoms with E-state index in [2.05, 4.69) is 6.92 Å². The number of hydrogen-bond donors (Lipinski definition) is 0. The van der Waals surface area contributed by atoms with Gasteiger partial charge in [-0.25, -0.2) is 0 Å². The molecule has 1 amide bonds. The Hall–Kier alpha value is -2.04. The first-order valence-electron chi connectivity index (χ1n) is 8.18. The summed E-state index contributed by atoms with van der Waals surface area (Å²) in [5, 5.41) is 0. The average molecular weight is 319 g/mol. The van der Waals surface area contributed by atoms with E-state index in [9.17, 15) is 9.59 Å². The second kappa shape index (κ2) is 7.99. The molecule has 0 aromatic heterocycles. The highest BCUT2D eigenvalue weighted by Crippen LogP contribution is 2.28. The van der Waals surface area contributed by atoms with E-state index >= 15 is 0 Å². The normalized spacial score (nSPS) is 17.7. The molecule has 1 heterocycles. The quantitative estimate of drug-likeness (QED) is 0.756. The molecule has 1 fully saturated rings. The zero-order chi connectivity index (χ0) is 16.8. The standard InChI is InChI=1S/C18H25NO4/c1-4-15-7-5-6-10-19(15)18(21)12-23-16-9-8-14(13(2)20)11-17(16)22-3/h8-9,11,15H,4-7,10,12H2,1-3H3. The molecule has 1 aliphatic heterocycles. The maximum absolute atomic E-state index is 12.4. The summed E-state index contributed by atoms with van der Waals surface area (Å²) in [6, 6.07) is 5.32. The van der Waals surface area contributed by atoms with Crippen LogP contribution in [0.2, 0.25) is 0 Å². The van der Waals surface area contributed by atoms with Gasteiger partial charge in [0, 0.05) is 18.2 Å². The summed E-state index contributed by atoms with van der Waals surface area (Å²) in [7, 11) is 1.52. The third kappa shape index (κ3) is 4.24. The van der Waals surface area contributed by atoms with E-state index in [1.165, 1.54) is 20.5 Å². The third-order valence-corrected chi connectivity index (χ3v) is 4.34. The lowest BCUT2D eigenvalue weighted by atomic mass is 10.00. The van der Waals surface area contributed by atoms with Crippen LogP contribution >= 0.6 is 0 Å². The van der Waals surface area contributed by atoms with Crippen LogP contribution in [0.1, 0.15) is 49.9 Å². The molecule has 1 saturated heterocycles. The molecule has 5 heteroatoms. The van der Waals surface area contributed by atoms with Crippen molar-refractivity contribution < 1.29 is 19.1 Å². The van der Waals surface area contributed by atoms with Crippen molar-refractivity contribution in [1.29, 1.82) is 0 Å². The zero-order valence-corrected chi connectivity index (χ0v) is 14.1. The highest BCUT2D eigenvalue weighted by molar-refractivity contribution is 5.94. The molecule has 1 aromatic rings. The van der Waals surface area contributed by atoms with Crippen LogP contribution < -0.4 is 9.47 Å². The molecule has 5 nitrogen and oxygen atoms in total. The molecular formula is C18H25NO4. The number of rotatable bonds is 6. The summed E-state index contributed by atoms with van der Waals surface area (Å²) in [5.74, 6) is 0.923. The fraction of sp³-hybridized carbons (Fsp3) is 0.556. The zero-order valence-electron chi connectivity index (χ0n) is 14.1. The second-order valence-corrected chi connectivity index (χ2v) is 5.86. The Kier molecular flexibility index (Phi) is 6.02. The number of benzene rings is 1. The van der Waals surface area contributed by atoms with Gasteiger partial charge in [0.25, 0.3) is 5.91 Å². The van der Waals surface area contributed by atoms with Gasteiger partial charge in [0.05, 0.1) is 7.11 Å². The lowest BCUT2D eigenvalue weighted by Gasteiger charge is -2.35. The molecule has 1 atom stereocenters. The van der Waals surface area contributed by atoms with Crippen LogP contribution in [0.5, 0.6) is 11.5 Å². The van der Waals surface area contributed by atoms with Crippen molar-refractivity contribution in [3.8, 4) is 11.5 Å². The van der Waals surface area contributed by atoms with Crippen LogP contribution in [-0.2, 0) is 4.79 Å². The fourth-order valence-electron chi connectivity index (χ4n) is 2.98. The molecule has 1 aromatic carbocycles. The van der Waals surface area contributed by atoms with E-state index < -0.39 is 0 Å². The Bertz CT molecular complexity index is 570. The summed E-state index contributed by atoms with van der Waals surface area (Å²) in [5.41, 5.74) is 0.558. The Labute approximate surface area is 137 Å². The number of likely N-dealkylation sites (tertiary alicyclic amines) is 1. The van der Waals surface area contributed by atoms with Gasteiger partial charge in [0.2, 0.25) is 0 Å². The van der Waals surface area contributed by atoms with E-state index in [0.29, 0.717) is 23.1 Å². The first-order chi connectivity index (χ1) is 11.1. The minimum Gasteiger partial charge on any atom is -0.493 e. The Balaban J connectivity index is 2.02. The number of carbonyl (C=O) groups excluding carboxylic acids is 2. The van der Waals surface area contributed by atoms with Gasteiger partial charge in [-0.15, -0.1) is 0 Å². The highest BCUT2D eigenvalue weighted by Gasteiger charge is 2.25. The smallest absolute Gasteiger partial charge is 0.260 e. The Morgan fingerprint density at radius 1 is 1.26 bits per heavy atom. The monoisotopic (exact) mass is 319 g/mol. The largest absolute Gasteiger partial charge is 0.493 e. The molecule has 0 radical (unpaired) electrons. The van der Waals surface area contributed by atoms with Crippen molar-refractivity contribution in [3.05, 3.63) is 23.8 Å². The fourth-order valence-corrected chi connectivity index (χ4v) is 2.98. The number of carbonyl (C=O) groups is 2. The van der Waals surface area contributed by atoms with Crippen LogP contribution in [-0.4, -0.2) is 42.9 Å². The van der Waals surface area contributed by atoms with Crippen LogP contribution in [0, 0.1) is 0 Å². The summed E-state index contributed by atoms with van der Waals surface area (Å²) in [6.07, 6.45) is 4.28. The molecular weight excluding hydrogens is 294 g/mol. The van der Waals surface area contributed by atoms with Crippen LogP contribution in [0.3, 0.4) is 0 Å². The minimum atomic E-state index is -0.0370. The van der Waals surface area contributed by atoms with Gasteiger partial charge in [0.1, 0.15) is 0 Å². The van der Waals surface area contributed by atoms with E-state index in [0.717, 1.165) is 25.8 Å². The second-order valence-electron chi connectivity index (χ2n) is 5.86. The number of ketones is 1. The summed E-state index contributed by atoms with van der Waals surface area (Å²) < 4.78 is 10.9. The molecule has 23 heavy (non-hydrogen) atoms. The number of ether oxygens (including phenoxy) is 2. The maximum Gasteiger partial charge on any atom is 0.260 e. The van der Waals surface area contributed by atoms with Gasteiger partial charge >= 0.3 is 0 Å². The van der Waals surface area contributed by atoms with Crippen molar-refractivity contribution >= 4 is 11.7 Å². The number of methoxy groups -OCH3 is 1. The molecule has 0 N–H and O–H groups in total. The van der Waals surface area contributed by atoms with Crippen molar-refractivity contribution in [2.45, 2.75) is 45.6 Å². The molecule has 0 bridgehead atoms. The summed E-state index contributed by atoms with van der Waals surface area (Å²) >= 11 is 0. The Morgan fingerprint density at radius 2 is 2.04 bits per heavy atom. The van der Waals surface area contributed by atoms with E-state index in [4.69, 9.17) is 9.47 Å². The third-order valence-electron chi connectivity index (χ3n) is 4.34. The van der Waals surface area contributed by atoms with Crippen molar-refractivity contribution in [2.75, 3.05) is 20.3 Å². The average Bonchev–Trinajstić information content (AvgIpc) is 2.59. The molecule has 126 valence electrons. The molecule has 0 spiro atoms. The van der Waals surface area contributed by atoms with Crippen molar-refractivity contribution in [3.63, 3.8) is 0 Å². The molecule has 1 unspecified atom stereocenters. The molecule has 1 aliphatic rings. The van der Waals surface area contributed by atoms with Gasteiger partial charge < -0.3 is 14.4 Å². The van der Waals surface area contributed by atoms with E-state index in [1.807, 2.05) is 4.90 Å². The first kappa shape index (κ1) is 17.3.